The van der Waals surface area contributed by atoms with Crippen LogP contribution >= 0.6 is 0 Å². The topological polar surface area (TPSA) is 35.5 Å². The Hall–Kier alpha value is -2.57. The van der Waals surface area contributed by atoms with E-state index in [1.807, 2.05) is 0 Å². The number of hydrogen-bond donors (Lipinski definition) is 0. The zero-order valence-electron chi connectivity index (χ0n) is 22.3. The summed E-state index contributed by atoms with van der Waals surface area (Å²) in [5.41, 5.74) is 0.367. The lowest BCUT2D eigenvalue weighted by molar-refractivity contribution is 0.0188. The molecule has 38 heavy (non-hydrogen) atoms. The lowest BCUT2D eigenvalue weighted by Crippen LogP contribution is -2.25. The summed E-state index contributed by atoms with van der Waals surface area (Å²) in [6.45, 7) is 2.20. The molecular weight excluding hydrogens is 496 g/mol. The van der Waals surface area contributed by atoms with Crippen LogP contribution < -0.4 is 4.74 Å². The van der Waals surface area contributed by atoms with Crippen LogP contribution in [0.5, 0.6) is 5.75 Å². The smallest absolute Gasteiger partial charge is 0.341 e. The summed E-state index contributed by atoms with van der Waals surface area (Å²) in [4.78, 5) is 12.4. The Morgan fingerprint density at radius 3 is 1.89 bits per heavy atom. The third-order valence-corrected chi connectivity index (χ3v) is 8.52. The van der Waals surface area contributed by atoms with E-state index >= 15 is 8.78 Å². The van der Waals surface area contributed by atoms with Crippen molar-refractivity contribution in [3.63, 3.8) is 0 Å². The molecule has 0 bridgehead atoms. The first-order chi connectivity index (χ1) is 18.3. The van der Waals surface area contributed by atoms with Gasteiger partial charge in [-0.25, -0.2) is 18.0 Å². The van der Waals surface area contributed by atoms with Crippen LogP contribution in [0, 0.1) is 29.2 Å². The van der Waals surface area contributed by atoms with E-state index in [4.69, 9.17) is 9.47 Å². The van der Waals surface area contributed by atoms with Crippen LogP contribution in [0.25, 0.3) is 0 Å². The third-order valence-electron chi connectivity index (χ3n) is 8.52. The molecular formula is C31H38F4O3. The maximum Gasteiger partial charge on any atom is 0.341 e. The van der Waals surface area contributed by atoms with Gasteiger partial charge in [0.15, 0.2) is 23.2 Å². The average molecular weight is 535 g/mol. The van der Waals surface area contributed by atoms with E-state index in [1.165, 1.54) is 38.9 Å². The SMILES string of the molecule is CCCCCC1CCC(c2ccc(C3CCC(OC(=O)c4ccc(OC)c(F)c4F)CC3)c(F)c2F)CC1. The molecule has 0 unspecified atom stereocenters. The molecule has 0 amide bonds. The summed E-state index contributed by atoms with van der Waals surface area (Å²) in [5.74, 6) is -4.69. The minimum absolute atomic E-state index is 0.0688. The van der Waals surface area contributed by atoms with Crippen molar-refractivity contribution < 1.29 is 31.8 Å². The molecule has 0 N–H and O–H groups in total. The Morgan fingerprint density at radius 2 is 1.34 bits per heavy atom. The predicted octanol–water partition coefficient (Wildman–Crippen LogP) is 8.99. The second kappa shape index (κ2) is 13.0. The van der Waals surface area contributed by atoms with E-state index in [9.17, 15) is 13.6 Å². The lowest BCUT2D eigenvalue weighted by Gasteiger charge is -2.31. The number of unbranched alkanes of at least 4 members (excludes halogenated alkanes) is 2. The number of rotatable bonds is 9. The predicted molar refractivity (Wildman–Crippen MR) is 139 cm³/mol. The van der Waals surface area contributed by atoms with E-state index in [-0.39, 0.29) is 17.6 Å². The van der Waals surface area contributed by atoms with Crippen molar-refractivity contribution in [1.82, 2.24) is 0 Å². The zero-order valence-corrected chi connectivity index (χ0v) is 22.3. The third kappa shape index (κ3) is 6.35. The van der Waals surface area contributed by atoms with Gasteiger partial charge >= 0.3 is 5.97 Å². The van der Waals surface area contributed by atoms with E-state index in [0.29, 0.717) is 42.7 Å². The van der Waals surface area contributed by atoms with Crippen LogP contribution in [0.2, 0.25) is 0 Å². The zero-order chi connectivity index (χ0) is 27.2. The Kier molecular flexibility index (Phi) is 9.72. The van der Waals surface area contributed by atoms with E-state index < -0.39 is 40.9 Å². The molecule has 2 aliphatic carbocycles. The highest BCUT2D eigenvalue weighted by Gasteiger charge is 2.31. The van der Waals surface area contributed by atoms with Crippen molar-refractivity contribution in [2.24, 2.45) is 5.92 Å². The molecule has 2 saturated carbocycles. The first-order valence-corrected chi connectivity index (χ1v) is 14.0. The highest BCUT2D eigenvalue weighted by molar-refractivity contribution is 5.90. The molecule has 0 atom stereocenters. The summed E-state index contributed by atoms with van der Waals surface area (Å²) < 4.78 is 68.7. The van der Waals surface area contributed by atoms with E-state index in [0.717, 1.165) is 31.7 Å². The monoisotopic (exact) mass is 534 g/mol. The quantitative estimate of drug-likeness (QED) is 0.183. The Labute approximate surface area is 222 Å². The Bertz CT molecular complexity index is 1100. The normalized spacial score (nSPS) is 23.7. The number of carbonyl (C=O) groups excluding carboxylic acids is 1. The first kappa shape index (κ1) is 28.4. The molecule has 2 aromatic carbocycles. The van der Waals surface area contributed by atoms with Crippen LogP contribution in [-0.4, -0.2) is 19.2 Å². The molecule has 2 aromatic rings. The Morgan fingerprint density at radius 1 is 0.763 bits per heavy atom. The van der Waals surface area contributed by atoms with Gasteiger partial charge < -0.3 is 9.47 Å². The summed E-state index contributed by atoms with van der Waals surface area (Å²) >= 11 is 0. The number of ether oxygens (including phenoxy) is 2. The van der Waals surface area contributed by atoms with Crippen LogP contribution in [0.4, 0.5) is 17.6 Å². The second-order valence-corrected chi connectivity index (χ2v) is 10.9. The van der Waals surface area contributed by atoms with Gasteiger partial charge in [0.2, 0.25) is 5.82 Å². The maximum atomic E-state index is 15.2. The molecule has 0 radical (unpaired) electrons. The number of halogens is 4. The van der Waals surface area contributed by atoms with Gasteiger partial charge in [-0.3, -0.25) is 0 Å². The van der Waals surface area contributed by atoms with Gasteiger partial charge in [0.05, 0.1) is 12.7 Å². The molecule has 7 heteroatoms. The number of carbonyl (C=O) groups is 1. The van der Waals surface area contributed by atoms with Crippen molar-refractivity contribution in [2.75, 3.05) is 7.11 Å². The fourth-order valence-electron chi connectivity index (χ4n) is 6.21. The van der Waals surface area contributed by atoms with Crippen LogP contribution in [0.15, 0.2) is 24.3 Å². The Balaban J connectivity index is 1.32. The van der Waals surface area contributed by atoms with Gasteiger partial charge in [0.25, 0.3) is 0 Å². The number of hydrogen-bond acceptors (Lipinski definition) is 3. The van der Waals surface area contributed by atoms with Crippen molar-refractivity contribution in [1.29, 1.82) is 0 Å². The van der Waals surface area contributed by atoms with Crippen LogP contribution in [0.3, 0.4) is 0 Å². The van der Waals surface area contributed by atoms with Gasteiger partial charge in [-0.2, -0.15) is 4.39 Å². The number of methoxy groups -OCH3 is 1. The summed E-state index contributed by atoms with van der Waals surface area (Å²) in [5, 5.41) is 0. The molecule has 3 nitrogen and oxygen atoms in total. The van der Waals surface area contributed by atoms with Crippen molar-refractivity contribution in [3.8, 4) is 5.75 Å². The molecule has 208 valence electrons. The van der Waals surface area contributed by atoms with E-state index in [2.05, 4.69) is 6.92 Å². The van der Waals surface area contributed by atoms with E-state index in [1.54, 1.807) is 12.1 Å². The number of benzene rings is 2. The summed E-state index contributed by atoms with van der Waals surface area (Å²) in [7, 11) is 1.21. The molecule has 0 saturated heterocycles. The van der Waals surface area contributed by atoms with Crippen LogP contribution in [0.1, 0.15) is 117 Å². The minimum Gasteiger partial charge on any atom is -0.494 e. The van der Waals surface area contributed by atoms with Gasteiger partial charge in [-0.05, 0) is 92.4 Å². The average Bonchev–Trinajstić information content (AvgIpc) is 2.93. The van der Waals surface area contributed by atoms with Crippen molar-refractivity contribution in [3.05, 3.63) is 64.2 Å². The molecule has 2 fully saturated rings. The highest BCUT2D eigenvalue weighted by Crippen LogP contribution is 2.42. The van der Waals surface area contributed by atoms with Gasteiger partial charge in [0, 0.05) is 0 Å². The fourth-order valence-corrected chi connectivity index (χ4v) is 6.21. The largest absolute Gasteiger partial charge is 0.494 e. The lowest BCUT2D eigenvalue weighted by atomic mass is 9.76. The molecule has 2 aliphatic rings. The summed E-state index contributed by atoms with van der Waals surface area (Å²) in [6, 6.07) is 5.80. The van der Waals surface area contributed by atoms with Gasteiger partial charge in [-0.15, -0.1) is 0 Å². The maximum absolute atomic E-state index is 15.2. The molecule has 0 aliphatic heterocycles. The highest BCUT2D eigenvalue weighted by atomic mass is 19.2. The number of esters is 1. The summed E-state index contributed by atoms with van der Waals surface area (Å²) in [6.07, 6.45) is 10.3. The fraction of sp³-hybridized carbons (Fsp3) is 0.581. The molecule has 0 heterocycles. The van der Waals surface area contributed by atoms with Crippen molar-refractivity contribution in [2.45, 2.75) is 102 Å². The van der Waals surface area contributed by atoms with Crippen LogP contribution in [-0.2, 0) is 4.74 Å². The molecule has 0 spiro atoms. The molecule has 0 aromatic heterocycles. The van der Waals surface area contributed by atoms with Crippen molar-refractivity contribution >= 4 is 5.97 Å². The minimum atomic E-state index is -1.31. The second-order valence-electron chi connectivity index (χ2n) is 10.9. The first-order valence-electron chi connectivity index (χ1n) is 14.0. The molecule has 4 rings (SSSR count). The van der Waals surface area contributed by atoms with Gasteiger partial charge in [0.1, 0.15) is 6.10 Å². The van der Waals surface area contributed by atoms with Gasteiger partial charge in [-0.1, -0.05) is 44.7 Å². The standard InChI is InChI=1S/C31H38F4O3/c1-3-4-5-6-19-7-9-20(10-8-19)23-15-16-24(28(33)27(23)32)21-11-13-22(14-12-21)38-31(36)25-17-18-26(37-2)30(35)29(25)34/h15-22H,3-14H2,1-2H3.